The predicted octanol–water partition coefficient (Wildman–Crippen LogP) is 3.61. The standard InChI is InChI=1S/C11H5BrF4N2O/c12-7-2-1-3-8(10(7)13)18-6(5-19)4-9(17-18)11(14,15)16/h1-5H. The topological polar surface area (TPSA) is 34.9 Å². The first-order valence-corrected chi connectivity index (χ1v) is 5.70. The fourth-order valence-electron chi connectivity index (χ4n) is 1.47. The molecule has 8 heteroatoms. The SMILES string of the molecule is O=Cc1cc(C(F)(F)F)nn1-c1cccc(Br)c1F. The molecule has 0 spiro atoms. The summed E-state index contributed by atoms with van der Waals surface area (Å²) in [6.45, 7) is 0. The van der Waals surface area contributed by atoms with Gasteiger partial charge in [0.05, 0.1) is 4.47 Å². The van der Waals surface area contributed by atoms with E-state index in [-0.39, 0.29) is 22.1 Å². The van der Waals surface area contributed by atoms with E-state index in [1.54, 1.807) is 0 Å². The molecule has 1 aromatic heterocycles. The van der Waals surface area contributed by atoms with Crippen LogP contribution in [-0.4, -0.2) is 16.1 Å². The second kappa shape index (κ2) is 4.76. The van der Waals surface area contributed by atoms with Crippen molar-refractivity contribution in [3.05, 3.63) is 45.9 Å². The fourth-order valence-corrected chi connectivity index (χ4v) is 1.82. The number of carbonyl (C=O) groups excluding carboxylic acids is 1. The van der Waals surface area contributed by atoms with Crippen molar-refractivity contribution < 1.29 is 22.4 Å². The van der Waals surface area contributed by atoms with Crippen LogP contribution >= 0.6 is 15.9 Å². The lowest BCUT2D eigenvalue weighted by atomic mass is 10.3. The van der Waals surface area contributed by atoms with Crippen LogP contribution in [0.5, 0.6) is 0 Å². The molecule has 0 aliphatic carbocycles. The molecule has 0 saturated heterocycles. The molecule has 0 bridgehead atoms. The molecule has 0 atom stereocenters. The molecule has 0 saturated carbocycles. The Morgan fingerprint density at radius 3 is 2.58 bits per heavy atom. The molecule has 0 aliphatic rings. The maximum atomic E-state index is 13.8. The van der Waals surface area contributed by atoms with Gasteiger partial charge in [0.2, 0.25) is 0 Å². The number of hydrogen-bond acceptors (Lipinski definition) is 2. The Bertz CT molecular complexity index is 636. The highest BCUT2D eigenvalue weighted by molar-refractivity contribution is 9.10. The number of carbonyl (C=O) groups is 1. The first kappa shape index (κ1) is 13.7. The van der Waals surface area contributed by atoms with E-state index >= 15 is 0 Å². The van der Waals surface area contributed by atoms with E-state index in [0.29, 0.717) is 10.7 Å². The number of benzene rings is 1. The van der Waals surface area contributed by atoms with Crippen LogP contribution in [0.15, 0.2) is 28.7 Å². The monoisotopic (exact) mass is 336 g/mol. The van der Waals surface area contributed by atoms with E-state index < -0.39 is 17.7 Å². The summed E-state index contributed by atoms with van der Waals surface area (Å²) in [6, 6.07) is 4.59. The molecule has 2 aromatic rings. The summed E-state index contributed by atoms with van der Waals surface area (Å²) >= 11 is 2.91. The van der Waals surface area contributed by atoms with Gasteiger partial charge >= 0.3 is 6.18 Å². The molecule has 0 fully saturated rings. The van der Waals surface area contributed by atoms with Crippen molar-refractivity contribution in [2.24, 2.45) is 0 Å². The van der Waals surface area contributed by atoms with Crippen LogP contribution in [0.2, 0.25) is 0 Å². The zero-order valence-electron chi connectivity index (χ0n) is 9.08. The van der Waals surface area contributed by atoms with Gasteiger partial charge in [-0.2, -0.15) is 18.3 Å². The summed E-state index contributed by atoms with van der Waals surface area (Å²) in [6.07, 6.45) is -4.52. The maximum Gasteiger partial charge on any atom is 0.435 e. The molecule has 0 unspecified atom stereocenters. The summed E-state index contributed by atoms with van der Waals surface area (Å²) in [5.41, 5.74) is -1.88. The Hall–Kier alpha value is -1.70. The van der Waals surface area contributed by atoms with Crippen molar-refractivity contribution in [1.29, 1.82) is 0 Å². The average molecular weight is 337 g/mol. The van der Waals surface area contributed by atoms with Gasteiger partial charge in [-0.1, -0.05) is 6.07 Å². The lowest BCUT2D eigenvalue weighted by molar-refractivity contribution is -0.141. The molecule has 1 heterocycles. The van der Waals surface area contributed by atoms with Gasteiger partial charge in [-0.3, -0.25) is 4.79 Å². The van der Waals surface area contributed by atoms with Gasteiger partial charge in [0.1, 0.15) is 11.4 Å². The van der Waals surface area contributed by atoms with Gasteiger partial charge in [0, 0.05) is 0 Å². The number of nitrogens with zero attached hydrogens (tertiary/aromatic N) is 2. The van der Waals surface area contributed by atoms with E-state index in [1.807, 2.05) is 0 Å². The van der Waals surface area contributed by atoms with Crippen LogP contribution in [-0.2, 0) is 6.18 Å². The predicted molar refractivity (Wildman–Crippen MR) is 61.6 cm³/mol. The molecular weight excluding hydrogens is 332 g/mol. The van der Waals surface area contributed by atoms with Gasteiger partial charge in [-0.15, -0.1) is 0 Å². The van der Waals surface area contributed by atoms with E-state index in [1.165, 1.54) is 18.2 Å². The summed E-state index contributed by atoms with van der Waals surface area (Å²) in [5, 5.41) is 3.22. The molecule has 1 aromatic carbocycles. The van der Waals surface area contributed by atoms with E-state index in [9.17, 15) is 22.4 Å². The van der Waals surface area contributed by atoms with Gasteiger partial charge in [-0.05, 0) is 34.1 Å². The Kier molecular flexibility index (Phi) is 3.44. The second-order valence-corrected chi connectivity index (χ2v) is 4.41. The van der Waals surface area contributed by atoms with E-state index in [2.05, 4.69) is 21.0 Å². The number of alkyl halides is 3. The molecule has 0 N–H and O–H groups in total. The third-order valence-corrected chi connectivity index (χ3v) is 2.92. The third kappa shape index (κ3) is 2.53. The minimum absolute atomic E-state index is 0.0610. The number of rotatable bonds is 2. The summed E-state index contributed by atoms with van der Waals surface area (Å²) in [5.74, 6) is -0.803. The number of aldehydes is 1. The van der Waals surface area contributed by atoms with E-state index in [0.717, 1.165) is 0 Å². The van der Waals surface area contributed by atoms with Gasteiger partial charge in [-0.25, -0.2) is 9.07 Å². The number of halogens is 5. The van der Waals surface area contributed by atoms with Crippen LogP contribution in [0.4, 0.5) is 17.6 Å². The first-order chi connectivity index (χ1) is 8.84. The van der Waals surface area contributed by atoms with Crippen LogP contribution in [0.25, 0.3) is 5.69 Å². The highest BCUT2D eigenvalue weighted by Gasteiger charge is 2.35. The normalized spacial score (nSPS) is 11.6. The summed E-state index contributed by atoms with van der Waals surface area (Å²) in [4.78, 5) is 10.8. The van der Waals surface area contributed by atoms with Crippen molar-refractivity contribution in [2.45, 2.75) is 6.18 Å². The summed E-state index contributed by atoms with van der Waals surface area (Å²) < 4.78 is 52.0. The molecule has 0 amide bonds. The minimum Gasteiger partial charge on any atom is -0.296 e. The van der Waals surface area contributed by atoms with Gasteiger partial charge < -0.3 is 0 Å². The number of hydrogen-bond donors (Lipinski definition) is 0. The van der Waals surface area contributed by atoms with Crippen LogP contribution in [0.1, 0.15) is 16.2 Å². The number of aromatic nitrogens is 2. The largest absolute Gasteiger partial charge is 0.435 e. The van der Waals surface area contributed by atoms with E-state index in [4.69, 9.17) is 0 Å². The maximum absolute atomic E-state index is 13.8. The van der Waals surface area contributed by atoms with Crippen molar-refractivity contribution in [1.82, 2.24) is 9.78 Å². The quantitative estimate of drug-likeness (QED) is 0.620. The Morgan fingerprint density at radius 1 is 1.32 bits per heavy atom. The molecular formula is C11H5BrF4N2O. The molecule has 3 nitrogen and oxygen atoms in total. The Morgan fingerprint density at radius 2 is 2.00 bits per heavy atom. The zero-order chi connectivity index (χ0) is 14.2. The Labute approximate surface area is 113 Å². The van der Waals surface area contributed by atoms with Crippen molar-refractivity contribution in [3.63, 3.8) is 0 Å². The Balaban J connectivity index is 2.65. The summed E-state index contributed by atoms with van der Waals surface area (Å²) in [7, 11) is 0. The molecule has 0 aliphatic heterocycles. The highest BCUT2D eigenvalue weighted by atomic mass is 79.9. The molecule has 19 heavy (non-hydrogen) atoms. The highest BCUT2D eigenvalue weighted by Crippen LogP contribution is 2.30. The fraction of sp³-hybridized carbons (Fsp3) is 0.0909. The minimum atomic E-state index is -4.70. The first-order valence-electron chi connectivity index (χ1n) is 4.91. The van der Waals surface area contributed by atoms with Crippen LogP contribution in [0, 0.1) is 5.82 Å². The molecule has 0 radical (unpaired) electrons. The van der Waals surface area contributed by atoms with Gasteiger partial charge in [0.15, 0.2) is 17.8 Å². The van der Waals surface area contributed by atoms with Crippen molar-refractivity contribution in [3.8, 4) is 5.69 Å². The van der Waals surface area contributed by atoms with Crippen LogP contribution < -0.4 is 0 Å². The lowest BCUT2D eigenvalue weighted by Crippen LogP contribution is -2.08. The second-order valence-electron chi connectivity index (χ2n) is 3.55. The van der Waals surface area contributed by atoms with Crippen molar-refractivity contribution in [2.75, 3.05) is 0 Å². The van der Waals surface area contributed by atoms with Gasteiger partial charge in [0.25, 0.3) is 0 Å². The molecule has 100 valence electrons. The van der Waals surface area contributed by atoms with Crippen molar-refractivity contribution >= 4 is 22.2 Å². The lowest BCUT2D eigenvalue weighted by Gasteiger charge is -2.06. The average Bonchev–Trinajstić information content (AvgIpc) is 2.76. The smallest absolute Gasteiger partial charge is 0.296 e. The molecule has 2 rings (SSSR count). The zero-order valence-corrected chi connectivity index (χ0v) is 10.7. The third-order valence-electron chi connectivity index (χ3n) is 2.31. The van der Waals surface area contributed by atoms with Crippen LogP contribution in [0.3, 0.4) is 0 Å².